The summed E-state index contributed by atoms with van der Waals surface area (Å²) in [4.78, 5) is 15.7. The van der Waals surface area contributed by atoms with Crippen LogP contribution in [0.3, 0.4) is 0 Å². The zero-order valence-corrected chi connectivity index (χ0v) is 11.3. The second-order valence-electron chi connectivity index (χ2n) is 4.31. The van der Waals surface area contributed by atoms with Crippen LogP contribution < -0.4 is 5.56 Å². The Labute approximate surface area is 117 Å². The molecule has 0 bridgehead atoms. The van der Waals surface area contributed by atoms with Crippen LogP contribution in [0.2, 0.25) is 0 Å². The number of hydrogen-bond acceptors (Lipinski definition) is 4. The highest BCUT2D eigenvalue weighted by molar-refractivity contribution is 5.75. The molecule has 0 aliphatic carbocycles. The molecule has 2 aromatic rings. The number of pyridine rings is 2. The van der Waals surface area contributed by atoms with Crippen molar-refractivity contribution in [2.24, 2.45) is 0 Å². The normalized spacial score (nSPS) is 12.3. The van der Waals surface area contributed by atoms with E-state index in [2.05, 4.69) is 4.98 Å². The van der Waals surface area contributed by atoms with E-state index < -0.39 is 23.6 Å². The highest BCUT2D eigenvalue weighted by Crippen LogP contribution is 2.30. The molecule has 0 amide bonds. The third-order valence-electron chi connectivity index (χ3n) is 3.02. The Morgan fingerprint density at radius 2 is 1.95 bits per heavy atom. The Balaban J connectivity index is 2.61. The van der Waals surface area contributed by atoms with Gasteiger partial charge in [-0.3, -0.25) is 9.78 Å². The Morgan fingerprint density at radius 3 is 2.52 bits per heavy atom. The van der Waals surface area contributed by atoms with Gasteiger partial charge in [-0.2, -0.15) is 13.2 Å². The Kier molecular flexibility index (Phi) is 4.29. The van der Waals surface area contributed by atoms with Crippen LogP contribution in [-0.2, 0) is 22.2 Å². The van der Waals surface area contributed by atoms with E-state index in [1.807, 2.05) is 0 Å². The number of nitrogens with zero attached hydrogens (tertiary/aromatic N) is 2. The van der Waals surface area contributed by atoms with E-state index in [0.717, 1.165) is 16.8 Å². The standard InChI is InChI=1S/C13H13F3N2O3/c1-20-12(21-2)7-18-10-5-8(13(14,15)16)6-17-9(10)3-4-11(18)19/h3-6,12H,7H2,1-2H3. The second-order valence-corrected chi connectivity index (χ2v) is 4.31. The number of ether oxygens (including phenoxy) is 2. The van der Waals surface area contributed by atoms with E-state index in [9.17, 15) is 18.0 Å². The molecule has 0 saturated carbocycles. The van der Waals surface area contributed by atoms with Gasteiger partial charge in [0.05, 0.1) is 23.1 Å². The molecule has 0 atom stereocenters. The number of rotatable bonds is 4. The fourth-order valence-electron chi connectivity index (χ4n) is 1.90. The number of alkyl halides is 3. The van der Waals surface area contributed by atoms with Crippen LogP contribution in [0.4, 0.5) is 13.2 Å². The minimum atomic E-state index is -4.53. The van der Waals surface area contributed by atoms with E-state index in [-0.39, 0.29) is 17.6 Å². The molecule has 5 nitrogen and oxygen atoms in total. The van der Waals surface area contributed by atoms with Crippen molar-refractivity contribution in [1.82, 2.24) is 9.55 Å². The lowest BCUT2D eigenvalue weighted by Gasteiger charge is -2.17. The molecule has 2 rings (SSSR count). The fraction of sp³-hybridized carbons (Fsp3) is 0.385. The first-order valence-corrected chi connectivity index (χ1v) is 5.99. The minimum Gasteiger partial charge on any atom is -0.354 e. The van der Waals surface area contributed by atoms with Crippen LogP contribution >= 0.6 is 0 Å². The molecule has 0 spiro atoms. The van der Waals surface area contributed by atoms with Gasteiger partial charge < -0.3 is 14.0 Å². The largest absolute Gasteiger partial charge is 0.417 e. The molecular weight excluding hydrogens is 289 g/mol. The van der Waals surface area contributed by atoms with Crippen molar-refractivity contribution in [3.8, 4) is 0 Å². The first-order chi connectivity index (χ1) is 9.86. The van der Waals surface area contributed by atoms with Gasteiger partial charge in [-0.1, -0.05) is 0 Å². The third kappa shape index (κ3) is 3.22. The predicted molar refractivity (Wildman–Crippen MR) is 68.8 cm³/mol. The van der Waals surface area contributed by atoms with Gasteiger partial charge >= 0.3 is 6.18 Å². The first kappa shape index (κ1) is 15.5. The monoisotopic (exact) mass is 302 g/mol. The summed E-state index contributed by atoms with van der Waals surface area (Å²) in [5.41, 5.74) is -1.01. The van der Waals surface area contributed by atoms with Crippen LogP contribution in [0.25, 0.3) is 11.0 Å². The van der Waals surface area contributed by atoms with Gasteiger partial charge in [0.15, 0.2) is 6.29 Å². The van der Waals surface area contributed by atoms with E-state index in [4.69, 9.17) is 9.47 Å². The van der Waals surface area contributed by atoms with Crippen LogP contribution in [-0.4, -0.2) is 30.1 Å². The maximum Gasteiger partial charge on any atom is 0.417 e. The third-order valence-corrected chi connectivity index (χ3v) is 3.02. The van der Waals surface area contributed by atoms with Crippen molar-refractivity contribution < 1.29 is 22.6 Å². The average molecular weight is 302 g/mol. The summed E-state index contributed by atoms with van der Waals surface area (Å²) in [6, 6.07) is 3.51. The van der Waals surface area contributed by atoms with Crippen molar-refractivity contribution in [3.63, 3.8) is 0 Å². The fourth-order valence-corrected chi connectivity index (χ4v) is 1.90. The molecule has 114 valence electrons. The Bertz CT molecular complexity index is 693. The second kappa shape index (κ2) is 5.82. The molecule has 0 N–H and O–H groups in total. The van der Waals surface area contributed by atoms with Gasteiger partial charge in [-0.25, -0.2) is 0 Å². The maximum atomic E-state index is 12.8. The van der Waals surface area contributed by atoms with Crippen molar-refractivity contribution in [1.29, 1.82) is 0 Å². The minimum absolute atomic E-state index is 0.0356. The smallest absolute Gasteiger partial charge is 0.354 e. The van der Waals surface area contributed by atoms with E-state index >= 15 is 0 Å². The summed E-state index contributed by atoms with van der Waals surface area (Å²) in [6.45, 7) is -0.0356. The molecular formula is C13H13F3N2O3. The number of halogens is 3. The van der Waals surface area contributed by atoms with Crippen LogP contribution in [0.5, 0.6) is 0 Å². The molecule has 0 fully saturated rings. The summed E-state index contributed by atoms with van der Waals surface area (Å²) in [6.07, 6.45) is -4.54. The Hall–Kier alpha value is -1.93. The van der Waals surface area contributed by atoms with Crippen LogP contribution in [0.1, 0.15) is 5.56 Å². The molecule has 21 heavy (non-hydrogen) atoms. The van der Waals surface area contributed by atoms with Crippen molar-refractivity contribution in [2.45, 2.75) is 19.0 Å². The van der Waals surface area contributed by atoms with Crippen LogP contribution in [0, 0.1) is 0 Å². The number of fused-ring (bicyclic) bond motifs is 1. The van der Waals surface area contributed by atoms with E-state index in [1.54, 1.807) is 0 Å². The number of methoxy groups -OCH3 is 2. The van der Waals surface area contributed by atoms with Crippen LogP contribution in [0.15, 0.2) is 29.2 Å². The zero-order valence-electron chi connectivity index (χ0n) is 11.3. The lowest BCUT2D eigenvalue weighted by atomic mass is 10.2. The number of aromatic nitrogens is 2. The molecule has 0 radical (unpaired) electrons. The Morgan fingerprint density at radius 1 is 1.29 bits per heavy atom. The van der Waals surface area contributed by atoms with Gasteiger partial charge in [-0.05, 0) is 12.1 Å². The van der Waals surface area contributed by atoms with Gasteiger partial charge in [0.2, 0.25) is 0 Å². The lowest BCUT2D eigenvalue weighted by molar-refractivity contribution is -0.137. The maximum absolute atomic E-state index is 12.8. The predicted octanol–water partition coefficient (Wildman–Crippen LogP) is 2.03. The van der Waals surface area contributed by atoms with Gasteiger partial charge in [0.25, 0.3) is 5.56 Å². The molecule has 0 unspecified atom stereocenters. The quantitative estimate of drug-likeness (QED) is 0.811. The average Bonchev–Trinajstić information content (AvgIpc) is 2.45. The highest BCUT2D eigenvalue weighted by Gasteiger charge is 2.31. The summed E-state index contributed by atoms with van der Waals surface area (Å²) in [5, 5.41) is 0. The number of hydrogen-bond donors (Lipinski definition) is 0. The summed E-state index contributed by atoms with van der Waals surface area (Å²) in [5.74, 6) is 0. The van der Waals surface area contributed by atoms with Gasteiger partial charge in [0.1, 0.15) is 0 Å². The van der Waals surface area contributed by atoms with E-state index in [0.29, 0.717) is 0 Å². The topological polar surface area (TPSA) is 53.4 Å². The summed E-state index contributed by atoms with van der Waals surface area (Å²) >= 11 is 0. The van der Waals surface area contributed by atoms with Gasteiger partial charge in [-0.15, -0.1) is 0 Å². The SMILES string of the molecule is COC(Cn1c(=O)ccc2ncc(C(F)(F)F)cc21)OC. The molecule has 0 aliphatic rings. The van der Waals surface area contributed by atoms with Crippen molar-refractivity contribution in [2.75, 3.05) is 14.2 Å². The molecule has 2 aromatic heterocycles. The summed E-state index contributed by atoms with van der Waals surface area (Å²) < 4.78 is 49.4. The van der Waals surface area contributed by atoms with Crippen molar-refractivity contribution >= 4 is 11.0 Å². The highest BCUT2D eigenvalue weighted by atomic mass is 19.4. The lowest BCUT2D eigenvalue weighted by Crippen LogP contribution is -2.29. The zero-order chi connectivity index (χ0) is 15.6. The molecule has 8 heteroatoms. The van der Waals surface area contributed by atoms with Gasteiger partial charge in [0, 0.05) is 26.5 Å². The summed E-state index contributed by atoms with van der Waals surface area (Å²) in [7, 11) is 2.76. The van der Waals surface area contributed by atoms with E-state index in [1.165, 1.54) is 26.4 Å². The molecule has 2 heterocycles. The first-order valence-electron chi connectivity index (χ1n) is 5.99. The molecule has 0 aliphatic heterocycles. The molecule has 0 aromatic carbocycles. The molecule has 0 saturated heterocycles. The van der Waals surface area contributed by atoms with Crippen molar-refractivity contribution in [3.05, 3.63) is 40.3 Å².